The normalized spacial score (nSPS) is 14.1. The monoisotopic (exact) mass is 624 g/mol. The SMILES string of the molecule is CC(C)OP(=O)(O)S.CC(C)OP(O)(O)=S.CC(C)OP(O)(O)=S.CC(C)OP(O)(O)=S. The Hall–Kier alpha value is 2.09. The molecule has 0 aliphatic rings. The van der Waals surface area contributed by atoms with E-state index in [1.807, 2.05) is 0 Å². The van der Waals surface area contributed by atoms with Gasteiger partial charge in [-0.05, 0) is 90.8 Å². The van der Waals surface area contributed by atoms with Gasteiger partial charge < -0.3 is 47.8 Å². The molecule has 0 saturated heterocycles. The standard InChI is InChI=1S/4C3H9O3PS/c4*1-3(2)6-7(4,5)8/h4*3H,1-2H3,(H2,4,5,8). The highest BCUT2D eigenvalue weighted by Gasteiger charge is 2.13. The molecule has 32 heavy (non-hydrogen) atoms. The van der Waals surface area contributed by atoms with Crippen molar-refractivity contribution in [3.05, 3.63) is 0 Å². The summed E-state index contributed by atoms with van der Waals surface area (Å²) in [5.41, 5.74) is 0. The van der Waals surface area contributed by atoms with E-state index in [0.29, 0.717) is 0 Å². The number of hydrogen-bond acceptors (Lipinski definition) is 8. The topological polar surface area (TPSA) is 196 Å². The lowest BCUT2D eigenvalue weighted by Crippen LogP contribution is -1.98. The Morgan fingerprint density at radius 3 is 0.688 bits per heavy atom. The summed E-state index contributed by atoms with van der Waals surface area (Å²) in [5.74, 6) is 0. The molecule has 1 unspecified atom stereocenters. The molecule has 0 aliphatic heterocycles. The van der Waals surface area contributed by atoms with E-state index in [4.69, 9.17) is 34.3 Å². The van der Waals surface area contributed by atoms with Crippen molar-refractivity contribution in [1.82, 2.24) is 0 Å². The summed E-state index contributed by atoms with van der Waals surface area (Å²) in [4.78, 5) is 59.1. The van der Waals surface area contributed by atoms with Gasteiger partial charge in [-0.15, -0.1) is 0 Å². The first-order valence-electron chi connectivity index (χ1n) is 8.62. The predicted octanol–water partition coefficient (Wildman–Crippen LogP) is 3.30. The number of rotatable bonds is 8. The number of hydrogen-bond donors (Lipinski definition) is 8. The van der Waals surface area contributed by atoms with Gasteiger partial charge in [0, 0.05) is 0 Å². The van der Waals surface area contributed by atoms with E-state index in [9.17, 15) is 4.57 Å². The lowest BCUT2D eigenvalue weighted by atomic mass is 10.5. The minimum Gasteiger partial charge on any atom is -0.325 e. The molecule has 0 aromatic rings. The molecule has 0 radical (unpaired) electrons. The molecule has 1 atom stereocenters. The van der Waals surface area contributed by atoms with Crippen LogP contribution in [0.25, 0.3) is 0 Å². The average Bonchev–Trinajstić information content (AvgIpc) is 2.26. The quantitative estimate of drug-likeness (QED) is 0.145. The van der Waals surface area contributed by atoms with Crippen LogP contribution in [0.4, 0.5) is 0 Å². The molecule has 0 bridgehead atoms. The fourth-order valence-electron chi connectivity index (χ4n) is 1.10. The molecule has 0 aromatic heterocycles. The first kappa shape index (κ1) is 41.2. The Morgan fingerprint density at radius 2 is 0.688 bits per heavy atom. The minimum absolute atomic E-state index is 0.212. The van der Waals surface area contributed by atoms with E-state index in [2.05, 4.69) is 65.8 Å². The highest BCUT2D eigenvalue weighted by molar-refractivity contribution is 8.44. The highest BCUT2D eigenvalue weighted by atomic mass is 32.7. The molecule has 20 heteroatoms. The molecule has 12 nitrogen and oxygen atoms in total. The fraction of sp³-hybridized carbons (Fsp3) is 1.00. The third-order valence-corrected chi connectivity index (χ3v) is 5.24. The Balaban J connectivity index is -0.000000163. The van der Waals surface area contributed by atoms with Gasteiger partial charge in [0.2, 0.25) is 0 Å². The van der Waals surface area contributed by atoms with Gasteiger partial charge in [0.1, 0.15) is 0 Å². The van der Waals surface area contributed by atoms with E-state index < -0.39 is 27.0 Å². The molecule has 7 N–H and O–H groups in total. The molecular formula is C12H36O12P4S4. The van der Waals surface area contributed by atoms with E-state index >= 15 is 0 Å². The average molecular weight is 625 g/mol. The maximum absolute atomic E-state index is 10.2. The van der Waals surface area contributed by atoms with Crippen LogP contribution in [0.5, 0.6) is 0 Å². The second kappa shape index (κ2) is 19.2. The van der Waals surface area contributed by atoms with Crippen molar-refractivity contribution in [2.24, 2.45) is 0 Å². The Morgan fingerprint density at radius 1 is 0.531 bits per heavy atom. The predicted molar refractivity (Wildman–Crippen MR) is 140 cm³/mol. The van der Waals surface area contributed by atoms with Crippen LogP contribution in [0.2, 0.25) is 0 Å². The molecule has 0 rings (SSSR count). The van der Waals surface area contributed by atoms with Gasteiger partial charge in [-0.2, -0.15) is 0 Å². The molecule has 200 valence electrons. The van der Waals surface area contributed by atoms with Crippen LogP contribution in [-0.2, 0) is 58.1 Å². The highest BCUT2D eigenvalue weighted by Crippen LogP contribution is 2.47. The number of thiol groups is 1. The van der Waals surface area contributed by atoms with Crippen molar-refractivity contribution in [3.63, 3.8) is 0 Å². The zero-order valence-corrected chi connectivity index (χ0v) is 25.9. The Labute approximate surface area is 210 Å². The maximum Gasteiger partial charge on any atom is 0.383 e. The van der Waals surface area contributed by atoms with Crippen LogP contribution in [0.1, 0.15) is 55.4 Å². The fourth-order valence-corrected chi connectivity index (χ4v) is 5.41. The first-order chi connectivity index (χ1) is 13.7. The maximum atomic E-state index is 10.2. The lowest BCUT2D eigenvalue weighted by Gasteiger charge is -2.10. The van der Waals surface area contributed by atoms with Crippen LogP contribution in [-0.4, -0.2) is 58.7 Å². The van der Waals surface area contributed by atoms with Crippen molar-refractivity contribution in [1.29, 1.82) is 0 Å². The zero-order chi connectivity index (χ0) is 27.1. The Bertz CT molecular complexity index is 540. The van der Waals surface area contributed by atoms with Gasteiger partial charge in [0.15, 0.2) is 0 Å². The van der Waals surface area contributed by atoms with Gasteiger partial charge in [0.25, 0.3) is 0 Å². The third-order valence-electron chi connectivity index (χ3n) is 1.39. The molecule has 0 aromatic carbocycles. The molecule has 0 fully saturated rings. The van der Waals surface area contributed by atoms with E-state index in [-0.39, 0.29) is 24.4 Å². The van der Waals surface area contributed by atoms with Crippen LogP contribution in [0.15, 0.2) is 0 Å². The van der Waals surface area contributed by atoms with Gasteiger partial charge in [0.05, 0.1) is 24.4 Å². The van der Waals surface area contributed by atoms with Gasteiger partial charge >= 0.3 is 27.0 Å². The van der Waals surface area contributed by atoms with E-state index in [0.717, 1.165) is 0 Å². The van der Waals surface area contributed by atoms with Crippen LogP contribution in [0, 0.1) is 0 Å². The zero-order valence-electron chi connectivity index (χ0n) is 18.9. The summed E-state index contributed by atoms with van der Waals surface area (Å²) < 4.78 is 28.1. The van der Waals surface area contributed by atoms with Crippen LogP contribution >= 0.6 is 39.2 Å². The van der Waals surface area contributed by atoms with Crippen molar-refractivity contribution in [2.75, 3.05) is 0 Å². The molecule has 0 heterocycles. The summed E-state index contributed by atoms with van der Waals surface area (Å²) in [7, 11) is 0. The second-order valence-corrected chi connectivity index (χ2v) is 17.1. The third kappa shape index (κ3) is 63.6. The summed E-state index contributed by atoms with van der Waals surface area (Å²) in [6, 6.07) is 0. The molecule has 0 amide bonds. The lowest BCUT2D eigenvalue weighted by molar-refractivity contribution is 0.197. The Kier molecular flexibility index (Phi) is 24.8. The molecule has 0 spiro atoms. The summed E-state index contributed by atoms with van der Waals surface area (Å²) in [5, 5.41) is 0. The van der Waals surface area contributed by atoms with Crippen molar-refractivity contribution in [3.8, 4) is 0 Å². The van der Waals surface area contributed by atoms with Crippen molar-refractivity contribution >= 4 is 74.6 Å². The van der Waals surface area contributed by atoms with Crippen molar-refractivity contribution < 1.29 is 56.9 Å². The smallest absolute Gasteiger partial charge is 0.325 e. The van der Waals surface area contributed by atoms with Gasteiger partial charge in [-0.1, -0.05) is 12.2 Å². The summed E-state index contributed by atoms with van der Waals surface area (Å²) in [6.45, 7) is -0.233. The largest absolute Gasteiger partial charge is 0.383 e. The van der Waals surface area contributed by atoms with Crippen LogP contribution < -0.4 is 0 Å². The first-order valence-corrected chi connectivity index (χ1v) is 19.2. The van der Waals surface area contributed by atoms with Crippen LogP contribution in [0.3, 0.4) is 0 Å². The molecule has 0 saturated carbocycles. The summed E-state index contributed by atoms with van der Waals surface area (Å²) in [6.07, 6.45) is -0.883. The van der Waals surface area contributed by atoms with E-state index in [1.54, 1.807) is 55.4 Å². The molecular weight excluding hydrogens is 588 g/mol. The molecule has 0 aliphatic carbocycles. The van der Waals surface area contributed by atoms with Crippen molar-refractivity contribution in [2.45, 2.75) is 79.8 Å². The van der Waals surface area contributed by atoms with Gasteiger partial charge in [-0.25, -0.2) is 4.57 Å². The summed E-state index contributed by atoms with van der Waals surface area (Å²) >= 11 is 15.8. The van der Waals surface area contributed by atoms with E-state index in [1.165, 1.54) is 0 Å². The van der Waals surface area contributed by atoms with Gasteiger partial charge in [-0.3, -0.25) is 4.52 Å². The second-order valence-electron chi connectivity index (χ2n) is 6.58. The minimum atomic E-state index is -3.53.